The first-order valence-electron chi connectivity index (χ1n) is 10.5. The maximum absolute atomic E-state index is 4.78. The average molecular weight is 416 g/mol. The van der Waals surface area contributed by atoms with Gasteiger partial charge < -0.3 is 0 Å². The Kier molecular flexibility index (Phi) is 5.22. The summed E-state index contributed by atoms with van der Waals surface area (Å²) < 4.78 is 0. The molecule has 0 saturated carbocycles. The fourth-order valence-corrected chi connectivity index (χ4v) is 3.56. The Balaban J connectivity index is 1.59. The van der Waals surface area contributed by atoms with Gasteiger partial charge >= 0.3 is 0 Å². The van der Waals surface area contributed by atoms with Crippen molar-refractivity contribution in [2.45, 2.75) is 13.8 Å². The predicted molar refractivity (Wildman–Crippen MR) is 127 cm³/mol. The minimum atomic E-state index is 0.630. The molecule has 0 atom stereocenters. The van der Waals surface area contributed by atoms with Crippen molar-refractivity contribution < 1.29 is 0 Å². The predicted octanol–water partition coefficient (Wildman–Crippen LogP) is 5.95. The Morgan fingerprint density at radius 2 is 0.688 bits per heavy atom. The number of rotatable bonds is 4. The summed E-state index contributed by atoms with van der Waals surface area (Å²) in [7, 11) is 0. The van der Waals surface area contributed by atoms with E-state index in [-0.39, 0.29) is 0 Å². The van der Waals surface area contributed by atoms with Crippen LogP contribution < -0.4 is 0 Å². The van der Waals surface area contributed by atoms with Gasteiger partial charge in [0.05, 0.1) is 0 Å². The van der Waals surface area contributed by atoms with Gasteiger partial charge in [-0.2, -0.15) is 0 Å². The van der Waals surface area contributed by atoms with Crippen molar-refractivity contribution in [3.05, 3.63) is 102 Å². The van der Waals surface area contributed by atoms with E-state index >= 15 is 0 Å². The highest BCUT2D eigenvalue weighted by atomic mass is 15.0. The molecule has 0 fully saturated rings. The zero-order valence-electron chi connectivity index (χ0n) is 17.9. The zero-order chi connectivity index (χ0) is 21.9. The molecule has 0 aliphatic heterocycles. The van der Waals surface area contributed by atoms with Crippen molar-refractivity contribution in [3.63, 3.8) is 0 Å². The average Bonchev–Trinajstić information content (AvgIpc) is 2.84. The number of nitrogens with zero attached hydrogens (tertiary/aromatic N) is 5. The van der Waals surface area contributed by atoms with Crippen LogP contribution in [0.25, 0.3) is 45.6 Å². The topological polar surface area (TPSA) is 64.5 Å². The molecule has 0 N–H and O–H groups in total. The van der Waals surface area contributed by atoms with Crippen LogP contribution in [0.5, 0.6) is 0 Å². The van der Waals surface area contributed by atoms with Gasteiger partial charge in [0.25, 0.3) is 0 Å². The molecule has 5 nitrogen and oxygen atoms in total. The lowest BCUT2D eigenvalue weighted by atomic mass is 10.1. The first-order valence-corrected chi connectivity index (χ1v) is 10.5. The lowest BCUT2D eigenvalue weighted by Crippen LogP contribution is -2.00. The van der Waals surface area contributed by atoms with Gasteiger partial charge in [-0.05, 0) is 19.9 Å². The van der Waals surface area contributed by atoms with Crippen LogP contribution in [-0.4, -0.2) is 24.9 Å². The second-order valence-corrected chi connectivity index (χ2v) is 7.59. The van der Waals surface area contributed by atoms with Gasteiger partial charge in [-0.1, -0.05) is 84.9 Å². The number of aryl methyl sites for hydroxylation is 2. The molecule has 32 heavy (non-hydrogen) atoms. The number of aromatic nitrogens is 5. The van der Waals surface area contributed by atoms with E-state index in [2.05, 4.69) is 9.97 Å². The highest BCUT2D eigenvalue weighted by Gasteiger charge is 2.12. The van der Waals surface area contributed by atoms with Gasteiger partial charge in [0.1, 0.15) is 0 Å². The van der Waals surface area contributed by atoms with E-state index in [1.54, 1.807) is 0 Å². The van der Waals surface area contributed by atoms with Crippen molar-refractivity contribution in [2.24, 2.45) is 0 Å². The van der Waals surface area contributed by atoms with Crippen LogP contribution in [0.2, 0.25) is 0 Å². The van der Waals surface area contributed by atoms with E-state index in [9.17, 15) is 0 Å². The first-order chi connectivity index (χ1) is 15.7. The van der Waals surface area contributed by atoms with E-state index < -0.39 is 0 Å². The first kappa shape index (κ1) is 19.7. The normalized spacial score (nSPS) is 10.8. The third-order valence-electron chi connectivity index (χ3n) is 5.08. The van der Waals surface area contributed by atoms with Crippen molar-refractivity contribution in [1.29, 1.82) is 0 Å². The van der Waals surface area contributed by atoms with Gasteiger partial charge in [-0.25, -0.2) is 24.9 Å². The number of hydrogen-bond donors (Lipinski definition) is 0. The van der Waals surface area contributed by atoms with Crippen LogP contribution >= 0.6 is 0 Å². The van der Waals surface area contributed by atoms with E-state index in [1.807, 2.05) is 105 Å². The molecule has 0 aliphatic rings. The SMILES string of the molecule is Cc1cc(C)nc(-c2ccc(-c3nc(-c4ccccc4)nc(-c4ccccc4)n3)cc2)n1. The van der Waals surface area contributed by atoms with Gasteiger partial charge in [0.15, 0.2) is 23.3 Å². The van der Waals surface area contributed by atoms with Crippen LogP contribution in [0.3, 0.4) is 0 Å². The molecule has 0 radical (unpaired) electrons. The van der Waals surface area contributed by atoms with Crippen LogP contribution in [-0.2, 0) is 0 Å². The van der Waals surface area contributed by atoms with Crippen LogP contribution in [0.1, 0.15) is 11.4 Å². The van der Waals surface area contributed by atoms with Crippen molar-refractivity contribution in [1.82, 2.24) is 24.9 Å². The molecular formula is C27H21N5. The summed E-state index contributed by atoms with van der Waals surface area (Å²) in [6.45, 7) is 3.96. The summed E-state index contributed by atoms with van der Waals surface area (Å²) in [5, 5.41) is 0. The Morgan fingerprint density at radius 3 is 1.06 bits per heavy atom. The highest BCUT2D eigenvalue weighted by Crippen LogP contribution is 2.26. The Hall–Kier alpha value is -4.25. The monoisotopic (exact) mass is 415 g/mol. The van der Waals surface area contributed by atoms with Gasteiger partial charge in [0.2, 0.25) is 0 Å². The molecule has 0 amide bonds. The Morgan fingerprint density at radius 1 is 0.375 bits per heavy atom. The summed E-state index contributed by atoms with van der Waals surface area (Å²) in [6.07, 6.45) is 0. The lowest BCUT2D eigenvalue weighted by Gasteiger charge is -2.09. The molecule has 5 heteroatoms. The van der Waals surface area contributed by atoms with E-state index in [0.717, 1.165) is 39.5 Å². The molecule has 0 bridgehead atoms. The largest absolute Gasteiger partial charge is 0.233 e. The quantitative estimate of drug-likeness (QED) is 0.363. The maximum atomic E-state index is 4.78. The molecule has 154 valence electrons. The molecule has 2 aromatic heterocycles. The van der Waals surface area contributed by atoms with Crippen molar-refractivity contribution >= 4 is 0 Å². The summed E-state index contributed by atoms with van der Waals surface area (Å²) in [6, 6.07) is 30.0. The second kappa shape index (κ2) is 8.47. The van der Waals surface area contributed by atoms with Crippen LogP contribution in [0.4, 0.5) is 0 Å². The van der Waals surface area contributed by atoms with Crippen molar-refractivity contribution in [2.75, 3.05) is 0 Å². The van der Waals surface area contributed by atoms with Gasteiger partial charge in [-0.3, -0.25) is 0 Å². The van der Waals surface area contributed by atoms with Crippen LogP contribution in [0, 0.1) is 13.8 Å². The molecular weight excluding hydrogens is 394 g/mol. The van der Waals surface area contributed by atoms with E-state index in [0.29, 0.717) is 17.5 Å². The second-order valence-electron chi connectivity index (χ2n) is 7.59. The molecule has 3 aromatic carbocycles. The standard InChI is InChI=1S/C27H21N5/c1-18-17-19(2)29-24(28-18)22-13-15-23(16-14-22)27-31-25(20-9-5-3-6-10-20)30-26(32-27)21-11-7-4-8-12-21/h3-17H,1-2H3. The highest BCUT2D eigenvalue weighted by molar-refractivity contribution is 5.68. The summed E-state index contributed by atoms with van der Waals surface area (Å²) >= 11 is 0. The summed E-state index contributed by atoms with van der Waals surface area (Å²) in [5.41, 5.74) is 5.68. The minimum absolute atomic E-state index is 0.630. The third-order valence-corrected chi connectivity index (χ3v) is 5.08. The van der Waals surface area contributed by atoms with Gasteiger partial charge in [-0.15, -0.1) is 0 Å². The van der Waals surface area contributed by atoms with Crippen molar-refractivity contribution in [3.8, 4) is 45.6 Å². The van der Waals surface area contributed by atoms with Gasteiger partial charge in [0, 0.05) is 33.6 Å². The maximum Gasteiger partial charge on any atom is 0.164 e. The molecule has 2 heterocycles. The van der Waals surface area contributed by atoms with E-state index in [4.69, 9.17) is 15.0 Å². The van der Waals surface area contributed by atoms with E-state index in [1.165, 1.54) is 0 Å². The summed E-state index contributed by atoms with van der Waals surface area (Å²) in [5.74, 6) is 2.65. The lowest BCUT2D eigenvalue weighted by molar-refractivity contribution is 1.06. The summed E-state index contributed by atoms with van der Waals surface area (Å²) in [4.78, 5) is 23.4. The Labute approximate surface area is 186 Å². The molecule has 0 unspecified atom stereocenters. The minimum Gasteiger partial charge on any atom is -0.233 e. The molecule has 0 spiro atoms. The fourth-order valence-electron chi connectivity index (χ4n) is 3.56. The number of benzene rings is 3. The van der Waals surface area contributed by atoms with Crippen LogP contribution in [0.15, 0.2) is 91.0 Å². The Bertz CT molecular complexity index is 1290. The zero-order valence-corrected chi connectivity index (χ0v) is 17.9. The molecule has 5 rings (SSSR count). The smallest absolute Gasteiger partial charge is 0.164 e. The fraction of sp³-hybridized carbons (Fsp3) is 0.0741. The molecule has 0 saturated heterocycles. The number of hydrogen-bond acceptors (Lipinski definition) is 5. The molecule has 0 aliphatic carbocycles. The third kappa shape index (κ3) is 4.14. The molecule has 5 aromatic rings.